The molecule has 0 radical (unpaired) electrons. The number of methoxy groups -OCH3 is 1. The van der Waals surface area contributed by atoms with Crippen LogP contribution in [-0.2, 0) is 14.6 Å². The summed E-state index contributed by atoms with van der Waals surface area (Å²) in [4.78, 5) is 25.2. The number of fused-ring (bicyclic) bond motifs is 1. The van der Waals surface area contributed by atoms with E-state index in [1.807, 2.05) is 0 Å². The Morgan fingerprint density at radius 3 is 2.27 bits per heavy atom. The lowest BCUT2D eigenvalue weighted by Crippen LogP contribution is -2.18. The Balaban J connectivity index is 2.26. The Bertz CT molecular complexity index is 1130. The first-order chi connectivity index (χ1) is 12.2. The molecule has 0 amide bonds. The highest BCUT2D eigenvalue weighted by atomic mass is 35.5. The average molecular weight is 392 g/mol. The second-order valence-corrected chi connectivity index (χ2v) is 8.11. The minimum Gasteiger partial charge on any atom is -0.464 e. The molecule has 0 saturated carbocycles. The number of aromatic nitrogens is 1. The topological polar surface area (TPSA) is 82.4 Å². The highest BCUT2D eigenvalue weighted by Gasteiger charge is 2.23. The quantitative estimate of drug-likeness (QED) is 0.640. The van der Waals surface area contributed by atoms with E-state index in [1.54, 1.807) is 24.3 Å². The molecule has 0 saturated heterocycles. The van der Waals surface area contributed by atoms with E-state index in [1.165, 1.54) is 35.9 Å². The van der Waals surface area contributed by atoms with Crippen LogP contribution in [0, 0.1) is 0 Å². The summed E-state index contributed by atoms with van der Waals surface area (Å²) >= 11 is 5.85. The van der Waals surface area contributed by atoms with Gasteiger partial charge in [-0.05, 0) is 48.5 Å². The van der Waals surface area contributed by atoms with E-state index in [-0.39, 0.29) is 10.6 Å². The molecule has 3 rings (SSSR count). The van der Waals surface area contributed by atoms with Gasteiger partial charge in [0.05, 0.1) is 17.5 Å². The molecule has 1 aromatic heterocycles. The molecule has 0 atom stereocenters. The zero-order valence-electron chi connectivity index (χ0n) is 13.9. The van der Waals surface area contributed by atoms with Gasteiger partial charge in [0.2, 0.25) is 0 Å². The third-order valence-electron chi connectivity index (χ3n) is 3.89. The zero-order valence-corrected chi connectivity index (χ0v) is 15.5. The number of sulfone groups is 1. The predicted octanol–water partition coefficient (Wildman–Crippen LogP) is 3.17. The monoisotopic (exact) mass is 391 g/mol. The molecule has 1 heterocycles. The lowest BCUT2D eigenvalue weighted by atomic mass is 10.2. The summed E-state index contributed by atoms with van der Waals surface area (Å²) in [6.07, 6.45) is 1.09. The summed E-state index contributed by atoms with van der Waals surface area (Å²) in [7, 11) is -2.22. The Kier molecular flexibility index (Phi) is 4.60. The molecule has 0 aliphatic carbocycles. The number of carbonyl (C=O) groups is 2. The average Bonchev–Trinajstić information content (AvgIpc) is 2.99. The fraction of sp³-hybridized carbons (Fsp3) is 0.111. The predicted molar refractivity (Wildman–Crippen MR) is 97.6 cm³/mol. The van der Waals surface area contributed by atoms with Gasteiger partial charge in [-0.1, -0.05) is 11.6 Å². The van der Waals surface area contributed by atoms with Gasteiger partial charge in [0.25, 0.3) is 5.91 Å². The zero-order chi connectivity index (χ0) is 19.1. The van der Waals surface area contributed by atoms with E-state index in [0.717, 1.165) is 6.26 Å². The highest BCUT2D eigenvalue weighted by molar-refractivity contribution is 7.90. The van der Waals surface area contributed by atoms with E-state index in [4.69, 9.17) is 16.3 Å². The van der Waals surface area contributed by atoms with Gasteiger partial charge >= 0.3 is 5.97 Å². The first-order valence-electron chi connectivity index (χ1n) is 7.46. The molecule has 0 bridgehead atoms. The Morgan fingerprint density at radius 2 is 1.69 bits per heavy atom. The van der Waals surface area contributed by atoms with Crippen LogP contribution in [0.25, 0.3) is 10.9 Å². The molecule has 134 valence electrons. The van der Waals surface area contributed by atoms with Gasteiger partial charge in [0.15, 0.2) is 9.84 Å². The number of carbonyl (C=O) groups excluding carboxylic acids is 2. The Hall–Kier alpha value is -2.64. The molecular formula is C18H14ClNO5S. The van der Waals surface area contributed by atoms with Crippen LogP contribution in [0.2, 0.25) is 5.02 Å². The van der Waals surface area contributed by atoms with Crippen molar-refractivity contribution in [3.63, 3.8) is 0 Å². The minimum atomic E-state index is -3.43. The summed E-state index contributed by atoms with van der Waals surface area (Å²) in [6.45, 7) is 0. The number of esters is 1. The fourth-order valence-corrected chi connectivity index (χ4v) is 3.40. The van der Waals surface area contributed by atoms with Crippen molar-refractivity contribution in [1.82, 2.24) is 4.57 Å². The van der Waals surface area contributed by atoms with Crippen molar-refractivity contribution in [2.75, 3.05) is 13.4 Å². The van der Waals surface area contributed by atoms with E-state index in [9.17, 15) is 18.0 Å². The van der Waals surface area contributed by atoms with Crippen LogP contribution < -0.4 is 0 Å². The summed E-state index contributed by atoms with van der Waals surface area (Å²) in [6, 6.07) is 12.0. The smallest absolute Gasteiger partial charge is 0.355 e. The van der Waals surface area contributed by atoms with E-state index in [2.05, 4.69) is 0 Å². The van der Waals surface area contributed by atoms with Crippen molar-refractivity contribution < 1.29 is 22.7 Å². The first-order valence-corrected chi connectivity index (χ1v) is 9.73. The van der Waals surface area contributed by atoms with E-state index < -0.39 is 21.7 Å². The number of halogens is 1. The SMILES string of the molecule is COC(=O)c1cc2cc(S(C)(=O)=O)ccc2n1C(=O)c1ccc(Cl)cc1. The maximum Gasteiger partial charge on any atom is 0.355 e. The van der Waals surface area contributed by atoms with Crippen molar-refractivity contribution >= 4 is 44.2 Å². The number of rotatable bonds is 3. The first kappa shape index (κ1) is 18.2. The Labute approximate surface area is 154 Å². The molecule has 2 aromatic carbocycles. The van der Waals surface area contributed by atoms with Crippen LogP contribution >= 0.6 is 11.6 Å². The van der Waals surface area contributed by atoms with Crippen molar-refractivity contribution in [2.24, 2.45) is 0 Å². The number of hydrogen-bond acceptors (Lipinski definition) is 5. The maximum atomic E-state index is 12.9. The molecular weight excluding hydrogens is 378 g/mol. The summed E-state index contributed by atoms with van der Waals surface area (Å²) in [5.74, 6) is -1.16. The maximum absolute atomic E-state index is 12.9. The van der Waals surface area contributed by atoms with Crippen molar-refractivity contribution in [3.8, 4) is 0 Å². The molecule has 0 aliphatic rings. The van der Waals surface area contributed by atoms with Crippen molar-refractivity contribution in [1.29, 1.82) is 0 Å². The summed E-state index contributed by atoms with van der Waals surface area (Å²) in [5.41, 5.74) is 0.732. The van der Waals surface area contributed by atoms with E-state index >= 15 is 0 Å². The molecule has 3 aromatic rings. The second-order valence-electron chi connectivity index (χ2n) is 5.66. The minimum absolute atomic E-state index is 0.00750. The van der Waals surface area contributed by atoms with E-state index in [0.29, 0.717) is 21.5 Å². The molecule has 26 heavy (non-hydrogen) atoms. The largest absolute Gasteiger partial charge is 0.464 e. The van der Waals surface area contributed by atoms with Crippen LogP contribution in [0.1, 0.15) is 20.8 Å². The molecule has 0 spiro atoms. The number of nitrogens with zero attached hydrogens (tertiary/aromatic N) is 1. The van der Waals surface area contributed by atoms with Crippen LogP contribution in [-0.4, -0.2) is 38.2 Å². The third kappa shape index (κ3) is 3.23. The van der Waals surface area contributed by atoms with Crippen LogP contribution in [0.3, 0.4) is 0 Å². The number of ether oxygens (including phenoxy) is 1. The van der Waals surface area contributed by atoms with Gasteiger partial charge in [-0.25, -0.2) is 13.2 Å². The van der Waals surface area contributed by atoms with Gasteiger partial charge in [-0.15, -0.1) is 0 Å². The Morgan fingerprint density at radius 1 is 1.04 bits per heavy atom. The van der Waals surface area contributed by atoms with Gasteiger partial charge in [-0.2, -0.15) is 0 Å². The molecule has 0 unspecified atom stereocenters. The lowest BCUT2D eigenvalue weighted by Gasteiger charge is -2.09. The van der Waals surface area contributed by atoms with Crippen molar-refractivity contribution in [3.05, 3.63) is 64.8 Å². The lowest BCUT2D eigenvalue weighted by molar-refractivity contribution is 0.0584. The second kappa shape index (κ2) is 6.59. The van der Waals surface area contributed by atoms with Gasteiger partial charge in [0, 0.05) is 22.2 Å². The molecule has 0 aliphatic heterocycles. The summed E-state index contributed by atoms with van der Waals surface area (Å²) < 4.78 is 29.5. The third-order valence-corrected chi connectivity index (χ3v) is 5.25. The van der Waals surface area contributed by atoms with Crippen LogP contribution in [0.5, 0.6) is 0 Å². The van der Waals surface area contributed by atoms with Crippen LogP contribution in [0.4, 0.5) is 0 Å². The standard InChI is InChI=1S/C18H14ClNO5S/c1-25-18(22)16-10-12-9-14(26(2,23)24)7-8-15(12)20(16)17(21)11-3-5-13(19)6-4-11/h3-10H,1-2H3. The molecule has 6 nitrogen and oxygen atoms in total. The van der Waals surface area contributed by atoms with Gasteiger partial charge in [-0.3, -0.25) is 9.36 Å². The molecule has 8 heteroatoms. The van der Waals surface area contributed by atoms with Gasteiger partial charge in [0.1, 0.15) is 5.69 Å². The normalized spacial score (nSPS) is 11.5. The number of benzene rings is 2. The fourth-order valence-electron chi connectivity index (χ4n) is 2.62. The molecule has 0 fully saturated rings. The van der Waals surface area contributed by atoms with Gasteiger partial charge < -0.3 is 4.74 Å². The highest BCUT2D eigenvalue weighted by Crippen LogP contribution is 2.25. The summed E-state index contributed by atoms with van der Waals surface area (Å²) in [5, 5.41) is 0.917. The molecule has 0 N–H and O–H groups in total. The van der Waals surface area contributed by atoms with Crippen molar-refractivity contribution in [2.45, 2.75) is 4.90 Å². The van der Waals surface area contributed by atoms with Crippen LogP contribution in [0.15, 0.2) is 53.4 Å². The number of hydrogen-bond donors (Lipinski definition) is 0.